The molecular weight excluding hydrogens is 214 g/mol. The number of nitrogens with one attached hydrogen (secondary N) is 1. The highest BCUT2D eigenvalue weighted by Gasteiger charge is 2.19. The van der Waals surface area contributed by atoms with Crippen LogP contribution in [0, 0.1) is 0 Å². The van der Waals surface area contributed by atoms with E-state index in [1.165, 1.54) is 0 Å². The van der Waals surface area contributed by atoms with Crippen molar-refractivity contribution in [2.24, 2.45) is 5.73 Å². The maximum atomic E-state index is 11.9. The smallest absolute Gasteiger partial charge is 0.234 e. The monoisotopic (exact) mass is 243 g/mol. The maximum Gasteiger partial charge on any atom is 0.234 e. The van der Waals surface area contributed by atoms with E-state index in [1.54, 1.807) is 0 Å². The molecule has 0 atom stereocenters. The fourth-order valence-electron chi connectivity index (χ4n) is 1.61. The highest BCUT2D eigenvalue weighted by molar-refractivity contribution is 5.78. The Kier molecular flexibility index (Phi) is 8.17. The van der Waals surface area contributed by atoms with E-state index in [-0.39, 0.29) is 11.4 Å². The summed E-state index contributed by atoms with van der Waals surface area (Å²) in [5.74, 6) is 0.113. The van der Waals surface area contributed by atoms with Crippen LogP contribution in [-0.4, -0.2) is 42.5 Å². The second-order valence-corrected chi connectivity index (χ2v) is 5.20. The first-order valence-corrected chi connectivity index (χ1v) is 6.68. The Balaban J connectivity index is 4.11. The van der Waals surface area contributed by atoms with E-state index in [2.05, 4.69) is 37.9 Å². The lowest BCUT2D eigenvalue weighted by Gasteiger charge is -2.27. The van der Waals surface area contributed by atoms with Gasteiger partial charge in [0.15, 0.2) is 0 Å². The van der Waals surface area contributed by atoms with Gasteiger partial charge in [-0.15, -0.1) is 0 Å². The molecule has 0 fully saturated rings. The van der Waals surface area contributed by atoms with Crippen molar-refractivity contribution in [2.75, 3.05) is 26.2 Å². The molecule has 0 radical (unpaired) electrons. The molecule has 0 aliphatic heterocycles. The molecule has 0 aromatic rings. The molecule has 0 aromatic carbocycles. The lowest BCUT2D eigenvalue weighted by molar-refractivity contribution is -0.123. The molecule has 4 heteroatoms. The van der Waals surface area contributed by atoms with E-state index in [4.69, 9.17) is 5.73 Å². The van der Waals surface area contributed by atoms with Crippen molar-refractivity contribution in [1.29, 1.82) is 0 Å². The molecule has 0 saturated carbocycles. The van der Waals surface area contributed by atoms with Crippen LogP contribution < -0.4 is 11.1 Å². The van der Waals surface area contributed by atoms with Gasteiger partial charge in [-0.2, -0.15) is 0 Å². The van der Waals surface area contributed by atoms with Gasteiger partial charge in [-0.1, -0.05) is 13.8 Å². The van der Waals surface area contributed by atoms with Crippen molar-refractivity contribution in [2.45, 2.75) is 52.5 Å². The summed E-state index contributed by atoms with van der Waals surface area (Å²) in [6.45, 7) is 11.3. The van der Waals surface area contributed by atoms with Gasteiger partial charge in [0.1, 0.15) is 0 Å². The molecule has 4 nitrogen and oxygen atoms in total. The van der Waals surface area contributed by atoms with E-state index in [1.807, 2.05) is 0 Å². The zero-order valence-corrected chi connectivity index (χ0v) is 11.9. The van der Waals surface area contributed by atoms with Gasteiger partial charge in [0.25, 0.3) is 0 Å². The summed E-state index contributed by atoms with van der Waals surface area (Å²) in [6, 6.07) is 0. The summed E-state index contributed by atoms with van der Waals surface area (Å²) in [4.78, 5) is 14.1. The minimum atomic E-state index is -0.108. The lowest BCUT2D eigenvalue weighted by atomic mass is 10.0. The van der Waals surface area contributed by atoms with Crippen molar-refractivity contribution < 1.29 is 4.79 Å². The second-order valence-electron chi connectivity index (χ2n) is 5.20. The van der Waals surface area contributed by atoms with Crippen LogP contribution in [0.1, 0.15) is 47.0 Å². The molecule has 0 spiro atoms. The van der Waals surface area contributed by atoms with Crippen LogP contribution in [0.2, 0.25) is 0 Å². The highest BCUT2D eigenvalue weighted by Crippen LogP contribution is 2.06. The molecule has 0 bridgehead atoms. The van der Waals surface area contributed by atoms with Crippen LogP contribution in [0.3, 0.4) is 0 Å². The van der Waals surface area contributed by atoms with Crippen molar-refractivity contribution in [3.63, 3.8) is 0 Å². The average molecular weight is 243 g/mol. The molecule has 1 amide bonds. The second kappa shape index (κ2) is 8.48. The fraction of sp³-hybridized carbons (Fsp3) is 0.923. The van der Waals surface area contributed by atoms with Gasteiger partial charge in [-0.05, 0) is 52.7 Å². The van der Waals surface area contributed by atoms with Gasteiger partial charge in [0.2, 0.25) is 5.91 Å². The zero-order valence-electron chi connectivity index (χ0n) is 11.9. The number of amides is 1. The molecule has 0 rings (SSSR count). The van der Waals surface area contributed by atoms with Crippen LogP contribution in [-0.2, 0) is 4.79 Å². The normalized spacial score (nSPS) is 11.9. The third-order valence-electron chi connectivity index (χ3n) is 2.95. The van der Waals surface area contributed by atoms with E-state index >= 15 is 0 Å². The van der Waals surface area contributed by atoms with Crippen LogP contribution >= 0.6 is 0 Å². The van der Waals surface area contributed by atoms with Crippen LogP contribution in [0.5, 0.6) is 0 Å². The number of hydrogen-bond acceptors (Lipinski definition) is 3. The van der Waals surface area contributed by atoms with Gasteiger partial charge in [-0.25, -0.2) is 0 Å². The Morgan fingerprint density at radius 3 is 2.41 bits per heavy atom. The molecule has 3 N–H and O–H groups in total. The first-order valence-electron chi connectivity index (χ1n) is 6.68. The third-order valence-corrected chi connectivity index (χ3v) is 2.95. The number of rotatable bonds is 9. The molecule has 0 saturated heterocycles. The number of nitrogens with zero attached hydrogens (tertiary/aromatic N) is 1. The van der Waals surface area contributed by atoms with Crippen molar-refractivity contribution in [3.05, 3.63) is 0 Å². The Bertz CT molecular complexity index is 217. The Hall–Kier alpha value is -0.610. The Labute approximate surface area is 106 Å². The minimum Gasteiger partial charge on any atom is -0.350 e. The van der Waals surface area contributed by atoms with Crippen LogP contribution in [0.25, 0.3) is 0 Å². The topological polar surface area (TPSA) is 58.4 Å². The summed E-state index contributed by atoms with van der Waals surface area (Å²) in [7, 11) is 0. The van der Waals surface area contributed by atoms with Crippen molar-refractivity contribution in [1.82, 2.24) is 10.2 Å². The number of hydrogen-bond donors (Lipinski definition) is 2. The van der Waals surface area contributed by atoms with E-state index < -0.39 is 0 Å². The number of nitrogens with two attached hydrogens (primary N) is 1. The predicted octanol–water partition coefficient (Wildman–Crippen LogP) is 1.35. The van der Waals surface area contributed by atoms with Crippen LogP contribution in [0.15, 0.2) is 0 Å². The van der Waals surface area contributed by atoms with Crippen molar-refractivity contribution >= 4 is 5.91 Å². The average Bonchev–Trinajstić information content (AvgIpc) is 2.25. The molecule has 0 aromatic heterocycles. The van der Waals surface area contributed by atoms with Gasteiger partial charge >= 0.3 is 0 Å². The molecule has 0 aliphatic rings. The summed E-state index contributed by atoms with van der Waals surface area (Å²) >= 11 is 0. The molecule has 0 aliphatic carbocycles. The first kappa shape index (κ1) is 16.4. The SMILES string of the molecule is CCCN(CCCN)CC(=O)NC(C)(C)CC. The largest absolute Gasteiger partial charge is 0.350 e. The first-order chi connectivity index (χ1) is 7.95. The van der Waals surface area contributed by atoms with Crippen molar-refractivity contribution in [3.8, 4) is 0 Å². The zero-order chi connectivity index (χ0) is 13.3. The Morgan fingerprint density at radius 1 is 1.29 bits per heavy atom. The third kappa shape index (κ3) is 8.16. The van der Waals surface area contributed by atoms with Crippen LogP contribution in [0.4, 0.5) is 0 Å². The lowest BCUT2D eigenvalue weighted by Crippen LogP contribution is -2.47. The summed E-state index contributed by atoms with van der Waals surface area (Å²) in [5, 5.41) is 3.06. The number of carbonyl (C=O) groups is 1. The fourth-order valence-corrected chi connectivity index (χ4v) is 1.61. The Morgan fingerprint density at radius 2 is 1.94 bits per heavy atom. The molecule has 17 heavy (non-hydrogen) atoms. The van der Waals surface area contributed by atoms with Gasteiger partial charge in [0.05, 0.1) is 6.54 Å². The van der Waals surface area contributed by atoms with E-state index in [9.17, 15) is 4.79 Å². The molecule has 0 unspecified atom stereocenters. The number of carbonyl (C=O) groups excluding carboxylic acids is 1. The molecule has 102 valence electrons. The predicted molar refractivity (Wildman–Crippen MR) is 72.9 cm³/mol. The molecule has 0 heterocycles. The van der Waals surface area contributed by atoms with Gasteiger partial charge in [0, 0.05) is 5.54 Å². The quantitative estimate of drug-likeness (QED) is 0.643. The summed E-state index contributed by atoms with van der Waals surface area (Å²) < 4.78 is 0. The maximum absolute atomic E-state index is 11.9. The minimum absolute atomic E-state index is 0.108. The van der Waals surface area contributed by atoms with E-state index in [0.717, 1.165) is 32.4 Å². The summed E-state index contributed by atoms with van der Waals surface area (Å²) in [5.41, 5.74) is 5.39. The van der Waals surface area contributed by atoms with Gasteiger partial charge < -0.3 is 11.1 Å². The summed E-state index contributed by atoms with van der Waals surface area (Å²) in [6.07, 6.45) is 2.95. The van der Waals surface area contributed by atoms with E-state index in [0.29, 0.717) is 13.1 Å². The standard InChI is InChI=1S/C13H29N3O/c1-5-9-16(10-7-8-14)11-12(17)15-13(3,4)6-2/h5-11,14H2,1-4H3,(H,15,17). The molecular formula is C13H29N3O. The highest BCUT2D eigenvalue weighted by atomic mass is 16.2. The van der Waals surface area contributed by atoms with Gasteiger partial charge in [-0.3, -0.25) is 9.69 Å².